The number of hydrogen-bond acceptors (Lipinski definition) is 6. The molecule has 0 aliphatic carbocycles. The summed E-state index contributed by atoms with van der Waals surface area (Å²) in [4.78, 5) is 15.2. The summed E-state index contributed by atoms with van der Waals surface area (Å²) in [6.07, 6.45) is 1.41. The Bertz CT molecular complexity index is 1350. The zero-order chi connectivity index (χ0) is 27.9. The van der Waals surface area contributed by atoms with E-state index in [1.165, 1.54) is 24.6 Å². The lowest BCUT2D eigenvalue weighted by molar-refractivity contribution is -0.134. The van der Waals surface area contributed by atoms with Gasteiger partial charge >= 0.3 is 0 Å². The lowest BCUT2D eigenvalue weighted by atomic mass is 9.78. The summed E-state index contributed by atoms with van der Waals surface area (Å²) >= 11 is 0. The molecule has 3 aromatic carbocycles. The van der Waals surface area contributed by atoms with Gasteiger partial charge in [-0.25, -0.2) is 8.42 Å². The van der Waals surface area contributed by atoms with Crippen LogP contribution < -0.4 is 14.2 Å². The van der Waals surface area contributed by atoms with E-state index in [0.717, 1.165) is 5.56 Å². The highest BCUT2D eigenvalue weighted by atomic mass is 32.2. The van der Waals surface area contributed by atoms with Gasteiger partial charge in [0.25, 0.3) is 0 Å². The Morgan fingerprint density at radius 3 is 2.31 bits per heavy atom. The van der Waals surface area contributed by atoms with Crippen LogP contribution in [0.15, 0.2) is 83.8 Å². The van der Waals surface area contributed by atoms with Crippen LogP contribution in [0, 0.1) is 5.41 Å². The first-order valence-corrected chi connectivity index (χ1v) is 14.4. The zero-order valence-corrected chi connectivity index (χ0v) is 23.5. The van der Waals surface area contributed by atoms with Gasteiger partial charge < -0.3 is 19.1 Å². The highest BCUT2D eigenvalue weighted by molar-refractivity contribution is 7.89. The van der Waals surface area contributed by atoms with Crippen molar-refractivity contribution < 1.29 is 27.4 Å². The fourth-order valence-corrected chi connectivity index (χ4v) is 6.72. The summed E-state index contributed by atoms with van der Waals surface area (Å²) in [5.41, 5.74) is 0.316. The first-order chi connectivity index (χ1) is 18.8. The molecule has 208 valence electrons. The Kier molecular flexibility index (Phi) is 9.14. The molecule has 1 aliphatic rings. The molecule has 0 aromatic heterocycles. The van der Waals surface area contributed by atoms with Crippen LogP contribution in [0.2, 0.25) is 0 Å². The number of ether oxygens (including phenoxy) is 3. The quantitative estimate of drug-likeness (QED) is 0.346. The second-order valence-corrected chi connectivity index (χ2v) is 11.9. The van der Waals surface area contributed by atoms with Gasteiger partial charge in [-0.3, -0.25) is 4.79 Å². The summed E-state index contributed by atoms with van der Waals surface area (Å²) in [7, 11) is 0.759. The number of benzene rings is 3. The SMILES string of the molecule is COc1ccc(OC)c(S(=O)(=O)N2CCC[C@](COc3ccccc3)(CC(=O)N(C)Cc3ccccc3)C2)c1. The van der Waals surface area contributed by atoms with E-state index in [1.807, 2.05) is 60.7 Å². The summed E-state index contributed by atoms with van der Waals surface area (Å²) < 4.78 is 46.1. The number of sulfonamides is 1. The van der Waals surface area contributed by atoms with Gasteiger partial charge in [-0.15, -0.1) is 0 Å². The molecule has 39 heavy (non-hydrogen) atoms. The van der Waals surface area contributed by atoms with Gasteiger partial charge in [0.2, 0.25) is 15.9 Å². The monoisotopic (exact) mass is 552 g/mol. The molecule has 0 N–H and O–H groups in total. The lowest BCUT2D eigenvalue weighted by Gasteiger charge is -2.42. The Labute approximate surface area is 231 Å². The van der Waals surface area contributed by atoms with Gasteiger partial charge in [0, 0.05) is 44.6 Å². The van der Waals surface area contributed by atoms with Crippen molar-refractivity contribution in [2.45, 2.75) is 30.7 Å². The largest absolute Gasteiger partial charge is 0.497 e. The van der Waals surface area contributed by atoms with E-state index in [1.54, 1.807) is 24.1 Å². The molecule has 0 spiro atoms. The number of rotatable bonds is 11. The van der Waals surface area contributed by atoms with E-state index in [0.29, 0.717) is 37.4 Å². The van der Waals surface area contributed by atoms with E-state index in [9.17, 15) is 13.2 Å². The van der Waals surface area contributed by atoms with Crippen LogP contribution in [-0.4, -0.2) is 64.5 Å². The van der Waals surface area contributed by atoms with Crippen molar-refractivity contribution >= 4 is 15.9 Å². The molecule has 0 bridgehead atoms. The lowest BCUT2D eigenvalue weighted by Crippen LogP contribution is -2.50. The summed E-state index contributed by atoms with van der Waals surface area (Å²) in [6.45, 7) is 1.17. The average Bonchev–Trinajstić information content (AvgIpc) is 2.97. The van der Waals surface area contributed by atoms with Gasteiger partial charge in [-0.1, -0.05) is 48.5 Å². The van der Waals surface area contributed by atoms with Gasteiger partial charge in [0.15, 0.2) is 0 Å². The Balaban J connectivity index is 1.61. The van der Waals surface area contributed by atoms with Gasteiger partial charge in [-0.2, -0.15) is 4.31 Å². The molecule has 1 amide bonds. The predicted molar refractivity (Wildman–Crippen MR) is 149 cm³/mol. The minimum atomic E-state index is -3.95. The molecule has 1 heterocycles. The standard InChI is InChI=1S/C30H36N2O6S/c1-31(21-24-11-6-4-7-12-24)29(33)20-30(23-38-25-13-8-5-9-14-25)17-10-18-32(22-30)39(34,35)28-19-26(36-2)15-16-27(28)37-3/h4-9,11-16,19H,10,17-18,20-23H2,1-3H3/t30-/m0/s1. The van der Waals surface area contributed by atoms with Crippen molar-refractivity contribution in [1.82, 2.24) is 9.21 Å². The zero-order valence-electron chi connectivity index (χ0n) is 22.7. The van der Waals surface area contributed by atoms with Crippen LogP contribution in [0.4, 0.5) is 0 Å². The van der Waals surface area contributed by atoms with Crippen molar-refractivity contribution in [3.05, 3.63) is 84.4 Å². The highest BCUT2D eigenvalue weighted by Gasteiger charge is 2.43. The molecule has 0 radical (unpaired) electrons. The second kappa shape index (κ2) is 12.5. The van der Waals surface area contributed by atoms with Crippen LogP contribution in [0.25, 0.3) is 0 Å². The molecule has 1 fully saturated rings. The summed E-state index contributed by atoms with van der Waals surface area (Å²) in [5.74, 6) is 1.28. The Morgan fingerprint density at radius 1 is 0.949 bits per heavy atom. The molecule has 0 saturated carbocycles. The second-order valence-electron chi connectivity index (χ2n) is 9.97. The number of methoxy groups -OCH3 is 2. The summed E-state index contributed by atoms with van der Waals surface area (Å²) in [6, 6.07) is 23.9. The minimum Gasteiger partial charge on any atom is -0.497 e. The minimum absolute atomic E-state index is 0.0386. The first kappa shape index (κ1) is 28.4. The molecule has 1 atom stereocenters. The maximum Gasteiger partial charge on any atom is 0.246 e. The van der Waals surface area contributed by atoms with E-state index in [4.69, 9.17) is 14.2 Å². The first-order valence-electron chi connectivity index (χ1n) is 12.9. The summed E-state index contributed by atoms with van der Waals surface area (Å²) in [5, 5.41) is 0. The van der Waals surface area contributed by atoms with Crippen molar-refractivity contribution in [1.29, 1.82) is 0 Å². The van der Waals surface area contributed by atoms with Crippen LogP contribution in [-0.2, 0) is 21.4 Å². The van der Waals surface area contributed by atoms with Crippen molar-refractivity contribution in [3.8, 4) is 17.2 Å². The van der Waals surface area contributed by atoms with Crippen LogP contribution in [0.3, 0.4) is 0 Å². The number of carbonyl (C=O) groups is 1. The third-order valence-corrected chi connectivity index (χ3v) is 8.98. The molecule has 3 aromatic rings. The van der Waals surface area contributed by atoms with Gasteiger partial charge in [0.1, 0.15) is 22.1 Å². The Hall–Kier alpha value is -3.56. The van der Waals surface area contributed by atoms with E-state index >= 15 is 0 Å². The predicted octanol–water partition coefficient (Wildman–Crippen LogP) is 4.60. The number of piperidine rings is 1. The van der Waals surface area contributed by atoms with Gasteiger partial charge in [0.05, 0.1) is 20.8 Å². The van der Waals surface area contributed by atoms with Crippen molar-refractivity contribution in [3.63, 3.8) is 0 Å². The normalized spacial score (nSPS) is 17.8. The van der Waals surface area contributed by atoms with Crippen molar-refractivity contribution in [2.75, 3.05) is 41.0 Å². The molecule has 4 rings (SSSR count). The van der Waals surface area contributed by atoms with Crippen LogP contribution in [0.1, 0.15) is 24.8 Å². The van der Waals surface area contributed by atoms with Crippen LogP contribution in [0.5, 0.6) is 17.2 Å². The van der Waals surface area contributed by atoms with Crippen molar-refractivity contribution in [2.24, 2.45) is 5.41 Å². The van der Waals surface area contributed by atoms with E-state index in [2.05, 4.69) is 0 Å². The number of para-hydroxylation sites is 1. The van der Waals surface area contributed by atoms with E-state index in [-0.39, 0.29) is 36.1 Å². The number of carbonyl (C=O) groups excluding carboxylic acids is 1. The van der Waals surface area contributed by atoms with Crippen LogP contribution >= 0.6 is 0 Å². The number of hydrogen-bond donors (Lipinski definition) is 0. The van der Waals surface area contributed by atoms with Gasteiger partial charge in [-0.05, 0) is 42.7 Å². The maximum absolute atomic E-state index is 13.9. The number of amides is 1. The van der Waals surface area contributed by atoms with E-state index < -0.39 is 15.4 Å². The molecular formula is C30H36N2O6S. The highest BCUT2D eigenvalue weighted by Crippen LogP contribution is 2.39. The third kappa shape index (κ3) is 6.91. The maximum atomic E-state index is 13.9. The number of nitrogens with zero attached hydrogens (tertiary/aromatic N) is 2. The fraction of sp³-hybridized carbons (Fsp3) is 0.367. The molecule has 1 saturated heterocycles. The fourth-order valence-electron chi connectivity index (χ4n) is 4.96. The third-order valence-electron chi connectivity index (χ3n) is 7.12. The topological polar surface area (TPSA) is 85.4 Å². The smallest absolute Gasteiger partial charge is 0.246 e. The molecule has 0 unspecified atom stereocenters. The Morgan fingerprint density at radius 2 is 1.64 bits per heavy atom. The molecule has 1 aliphatic heterocycles. The average molecular weight is 553 g/mol. The molecular weight excluding hydrogens is 516 g/mol. The molecule has 8 nitrogen and oxygen atoms in total. The molecule has 9 heteroatoms.